The number of rotatable bonds is 3. The van der Waals surface area contributed by atoms with Crippen LogP contribution in [0.25, 0.3) is 0 Å². The zero-order valence-electron chi connectivity index (χ0n) is 14.8. The minimum Gasteiger partial charge on any atom is -0.496 e. The molecule has 0 spiro atoms. The molecule has 0 N–H and O–H groups in total. The Morgan fingerprint density at radius 3 is 2.67 bits per heavy atom. The Labute approximate surface area is 144 Å². The molecule has 132 valence electrons. The van der Waals surface area contributed by atoms with E-state index in [1.165, 1.54) is 38.0 Å². The first-order valence-corrected chi connectivity index (χ1v) is 9.12. The summed E-state index contributed by atoms with van der Waals surface area (Å²) in [6.45, 7) is 5.94. The highest BCUT2D eigenvalue weighted by molar-refractivity contribution is 5.51. The largest absolute Gasteiger partial charge is 0.496 e. The molecule has 1 aromatic carbocycles. The van der Waals surface area contributed by atoms with Gasteiger partial charge in [0.15, 0.2) is 11.5 Å². The van der Waals surface area contributed by atoms with Crippen molar-refractivity contribution in [1.82, 2.24) is 9.80 Å². The summed E-state index contributed by atoms with van der Waals surface area (Å²) in [4.78, 5) is 5.13. The summed E-state index contributed by atoms with van der Waals surface area (Å²) in [7, 11) is 3.99. The molecule has 5 nitrogen and oxygen atoms in total. The Balaban J connectivity index is 1.58. The van der Waals surface area contributed by atoms with Gasteiger partial charge in [0.05, 0.1) is 20.3 Å². The zero-order valence-corrected chi connectivity index (χ0v) is 14.8. The smallest absolute Gasteiger partial charge is 0.164 e. The van der Waals surface area contributed by atoms with Crippen LogP contribution in [0.2, 0.25) is 0 Å². The van der Waals surface area contributed by atoms with Gasteiger partial charge in [0.1, 0.15) is 5.75 Å². The Morgan fingerprint density at radius 2 is 1.88 bits per heavy atom. The van der Waals surface area contributed by atoms with Crippen molar-refractivity contribution in [2.75, 3.05) is 47.0 Å². The summed E-state index contributed by atoms with van der Waals surface area (Å²) >= 11 is 0. The lowest BCUT2D eigenvalue weighted by Crippen LogP contribution is -2.43. The lowest BCUT2D eigenvalue weighted by atomic mass is 9.94. The quantitative estimate of drug-likeness (QED) is 0.849. The zero-order chi connectivity index (χ0) is 16.5. The first-order valence-electron chi connectivity index (χ1n) is 9.12. The summed E-state index contributed by atoms with van der Waals surface area (Å²) in [5.41, 5.74) is 1.21. The predicted octanol–water partition coefficient (Wildman–Crippen LogP) is 2.38. The van der Waals surface area contributed by atoms with Gasteiger partial charge in [-0.1, -0.05) is 0 Å². The Morgan fingerprint density at radius 1 is 1.08 bits per heavy atom. The first kappa shape index (κ1) is 16.0. The summed E-state index contributed by atoms with van der Waals surface area (Å²) in [5.74, 6) is 3.37. The molecule has 0 aromatic heterocycles. The molecular formula is C19H28N2O3. The molecule has 5 rings (SSSR count). The summed E-state index contributed by atoms with van der Waals surface area (Å²) < 4.78 is 17.3. The van der Waals surface area contributed by atoms with Crippen LogP contribution in [0.5, 0.6) is 17.2 Å². The number of hydrogen-bond donors (Lipinski definition) is 0. The molecule has 3 saturated heterocycles. The van der Waals surface area contributed by atoms with E-state index in [4.69, 9.17) is 14.2 Å². The van der Waals surface area contributed by atoms with Gasteiger partial charge in [0.2, 0.25) is 0 Å². The average Bonchev–Trinajstić information content (AvgIpc) is 2.96. The second kappa shape index (κ2) is 6.81. The van der Waals surface area contributed by atoms with Gasteiger partial charge in [-0.15, -0.1) is 0 Å². The maximum atomic E-state index is 5.87. The highest BCUT2D eigenvalue weighted by atomic mass is 16.5. The Kier molecular flexibility index (Phi) is 4.55. The van der Waals surface area contributed by atoms with Gasteiger partial charge in [-0.2, -0.15) is 0 Å². The van der Waals surface area contributed by atoms with Crippen molar-refractivity contribution in [1.29, 1.82) is 0 Å². The van der Waals surface area contributed by atoms with E-state index in [9.17, 15) is 0 Å². The number of likely N-dealkylation sites (N-methyl/N-ethyl adjacent to an activating group) is 1. The number of hydrogen-bond acceptors (Lipinski definition) is 5. The van der Waals surface area contributed by atoms with E-state index in [0.717, 1.165) is 42.7 Å². The first-order chi connectivity index (χ1) is 11.7. The third kappa shape index (κ3) is 3.20. The van der Waals surface area contributed by atoms with Gasteiger partial charge < -0.3 is 19.1 Å². The van der Waals surface area contributed by atoms with E-state index in [-0.39, 0.29) is 0 Å². The van der Waals surface area contributed by atoms with E-state index in [2.05, 4.69) is 22.9 Å². The fraction of sp³-hybridized carbons (Fsp3) is 0.684. The van der Waals surface area contributed by atoms with Crippen molar-refractivity contribution in [3.63, 3.8) is 0 Å². The van der Waals surface area contributed by atoms with E-state index in [1.807, 2.05) is 6.07 Å². The topological polar surface area (TPSA) is 34.2 Å². The van der Waals surface area contributed by atoms with Gasteiger partial charge in [0, 0.05) is 50.3 Å². The molecule has 4 heterocycles. The second-order valence-corrected chi connectivity index (χ2v) is 7.41. The van der Waals surface area contributed by atoms with Gasteiger partial charge in [-0.3, -0.25) is 4.90 Å². The molecular weight excluding hydrogens is 304 g/mol. The summed E-state index contributed by atoms with van der Waals surface area (Å²) in [6.07, 6.45) is 3.60. The third-order valence-electron chi connectivity index (χ3n) is 5.53. The van der Waals surface area contributed by atoms with Crippen molar-refractivity contribution in [3.05, 3.63) is 17.7 Å². The van der Waals surface area contributed by atoms with Crippen LogP contribution < -0.4 is 14.2 Å². The monoisotopic (exact) mass is 332 g/mol. The van der Waals surface area contributed by atoms with Crippen molar-refractivity contribution in [2.45, 2.75) is 31.8 Å². The van der Waals surface area contributed by atoms with Crippen LogP contribution in [0.1, 0.15) is 24.8 Å². The van der Waals surface area contributed by atoms with Crippen molar-refractivity contribution >= 4 is 0 Å². The van der Waals surface area contributed by atoms with Gasteiger partial charge in [-0.05, 0) is 31.9 Å². The fourth-order valence-electron chi connectivity index (χ4n) is 4.37. The minimum absolute atomic E-state index is 0.648. The fourth-order valence-corrected chi connectivity index (χ4v) is 4.37. The highest BCUT2D eigenvalue weighted by Gasteiger charge is 2.34. The number of methoxy groups -OCH3 is 1. The van der Waals surface area contributed by atoms with Crippen molar-refractivity contribution < 1.29 is 14.2 Å². The molecule has 4 aliphatic rings. The normalized spacial score (nSPS) is 27.6. The molecule has 0 amide bonds. The van der Waals surface area contributed by atoms with Crippen LogP contribution in [0.15, 0.2) is 12.1 Å². The molecule has 3 fully saturated rings. The molecule has 2 atom stereocenters. The van der Waals surface area contributed by atoms with Crippen LogP contribution in [-0.4, -0.2) is 62.8 Å². The van der Waals surface area contributed by atoms with E-state index >= 15 is 0 Å². The van der Waals surface area contributed by atoms with Crippen LogP contribution in [0.3, 0.4) is 0 Å². The van der Waals surface area contributed by atoms with Crippen LogP contribution in [0, 0.1) is 5.92 Å². The Hall–Kier alpha value is -1.46. The average molecular weight is 332 g/mol. The maximum Gasteiger partial charge on any atom is 0.164 e. The molecule has 1 aromatic rings. The number of nitrogens with zero attached hydrogens (tertiary/aromatic N) is 2. The molecule has 0 aliphatic carbocycles. The second-order valence-electron chi connectivity index (χ2n) is 7.41. The lowest BCUT2D eigenvalue weighted by molar-refractivity contribution is 0.123. The van der Waals surface area contributed by atoms with Crippen LogP contribution >= 0.6 is 0 Å². The van der Waals surface area contributed by atoms with Gasteiger partial charge >= 0.3 is 0 Å². The van der Waals surface area contributed by atoms with E-state index < -0.39 is 0 Å². The van der Waals surface area contributed by atoms with Crippen molar-refractivity contribution in [3.8, 4) is 17.2 Å². The Bertz CT molecular complexity index is 592. The molecule has 0 unspecified atom stereocenters. The standard InChI is InChI=1S/C19H28N2O3/c1-20-10-14-4-5-16(13-20)21(11-14)12-15-8-18-19(9-17(15)22-2)24-7-3-6-23-18/h8-9,14,16H,3-7,10-13H2,1-2H3/t14-,16+/m0/s1. The molecule has 2 bridgehead atoms. The summed E-state index contributed by atoms with van der Waals surface area (Å²) in [6, 6.07) is 4.77. The third-order valence-corrected chi connectivity index (χ3v) is 5.53. The molecule has 5 heteroatoms. The van der Waals surface area contributed by atoms with Crippen molar-refractivity contribution in [2.24, 2.45) is 5.92 Å². The number of piperidine rings is 1. The predicted molar refractivity (Wildman–Crippen MR) is 93.0 cm³/mol. The van der Waals surface area contributed by atoms with Crippen LogP contribution in [-0.2, 0) is 6.54 Å². The lowest BCUT2D eigenvalue weighted by Gasteiger charge is -2.36. The maximum absolute atomic E-state index is 5.87. The molecule has 4 aliphatic heterocycles. The highest BCUT2D eigenvalue weighted by Crippen LogP contribution is 2.38. The molecule has 0 radical (unpaired) electrons. The molecule has 0 saturated carbocycles. The molecule has 24 heavy (non-hydrogen) atoms. The number of benzene rings is 1. The van der Waals surface area contributed by atoms with Gasteiger partial charge in [-0.25, -0.2) is 0 Å². The number of fused-ring (bicyclic) bond motifs is 5. The van der Waals surface area contributed by atoms with Gasteiger partial charge in [0.25, 0.3) is 0 Å². The summed E-state index contributed by atoms with van der Waals surface area (Å²) in [5, 5.41) is 0. The number of ether oxygens (including phenoxy) is 3. The van der Waals surface area contributed by atoms with Crippen LogP contribution in [0.4, 0.5) is 0 Å². The van der Waals surface area contributed by atoms with E-state index in [0.29, 0.717) is 12.6 Å². The SMILES string of the molecule is COc1cc2c(cc1CN1C[C@H]3CC[C@@H]1CN(C)C3)OCCCO2. The minimum atomic E-state index is 0.648. The van der Waals surface area contributed by atoms with E-state index in [1.54, 1.807) is 7.11 Å².